The van der Waals surface area contributed by atoms with Crippen LogP contribution in [0.1, 0.15) is 22.3 Å². The first kappa shape index (κ1) is 13.3. The van der Waals surface area contributed by atoms with Gasteiger partial charge in [-0.3, -0.25) is 5.41 Å². The van der Waals surface area contributed by atoms with Gasteiger partial charge >= 0.3 is 0 Å². The Morgan fingerprint density at radius 3 is 2.65 bits per heavy atom. The van der Waals surface area contributed by atoms with Crippen LogP contribution in [0, 0.1) is 25.1 Å². The molecule has 0 spiro atoms. The molecule has 0 saturated carbocycles. The second-order valence-corrected chi connectivity index (χ2v) is 6.00. The predicted molar refractivity (Wildman–Crippen MR) is 83.0 cm³/mol. The van der Waals surface area contributed by atoms with Crippen molar-refractivity contribution < 1.29 is 4.39 Å². The van der Waals surface area contributed by atoms with Crippen molar-refractivity contribution in [2.24, 2.45) is 0 Å². The molecular weight excluding hydrogens is 319 g/mol. The standard InChI is InChI=1S/C16H14BrFN2/c1-9-5-10(2)15(14(17)6-9)20-8-11-3-4-12(18)7-13(11)16(20)19/h3-7,19H,8H2,1-2H3. The van der Waals surface area contributed by atoms with Crippen molar-refractivity contribution in [3.05, 3.63) is 62.9 Å². The van der Waals surface area contributed by atoms with E-state index in [2.05, 4.69) is 22.0 Å². The molecule has 0 aliphatic carbocycles. The van der Waals surface area contributed by atoms with Crippen molar-refractivity contribution in [1.82, 2.24) is 0 Å². The third-order valence-electron chi connectivity index (χ3n) is 3.59. The minimum atomic E-state index is -0.296. The van der Waals surface area contributed by atoms with E-state index in [1.54, 1.807) is 6.07 Å². The lowest BCUT2D eigenvalue weighted by Crippen LogP contribution is -2.24. The lowest BCUT2D eigenvalue weighted by molar-refractivity contribution is 0.627. The maximum atomic E-state index is 13.4. The van der Waals surface area contributed by atoms with E-state index in [-0.39, 0.29) is 5.82 Å². The molecule has 102 valence electrons. The third-order valence-corrected chi connectivity index (χ3v) is 4.20. The van der Waals surface area contributed by atoms with E-state index in [4.69, 9.17) is 5.41 Å². The van der Waals surface area contributed by atoms with Crippen molar-refractivity contribution in [2.45, 2.75) is 20.4 Å². The average Bonchev–Trinajstić information content (AvgIpc) is 2.66. The minimum absolute atomic E-state index is 0.296. The summed E-state index contributed by atoms with van der Waals surface area (Å²) in [6.45, 7) is 4.68. The normalized spacial score (nSPS) is 13.8. The quantitative estimate of drug-likeness (QED) is 0.814. The summed E-state index contributed by atoms with van der Waals surface area (Å²) in [5.41, 5.74) is 4.93. The van der Waals surface area contributed by atoms with Crippen LogP contribution >= 0.6 is 15.9 Å². The van der Waals surface area contributed by atoms with Gasteiger partial charge in [-0.2, -0.15) is 0 Å². The maximum absolute atomic E-state index is 13.4. The molecule has 1 N–H and O–H groups in total. The molecule has 0 saturated heterocycles. The summed E-state index contributed by atoms with van der Waals surface area (Å²) in [4.78, 5) is 1.92. The van der Waals surface area contributed by atoms with E-state index >= 15 is 0 Å². The van der Waals surface area contributed by atoms with E-state index in [0.717, 1.165) is 21.3 Å². The number of hydrogen-bond acceptors (Lipinski definition) is 1. The molecule has 0 aromatic heterocycles. The molecule has 4 heteroatoms. The highest BCUT2D eigenvalue weighted by molar-refractivity contribution is 9.10. The number of nitrogens with one attached hydrogen (secondary N) is 1. The van der Waals surface area contributed by atoms with Crippen LogP contribution in [-0.4, -0.2) is 5.84 Å². The first-order chi connectivity index (χ1) is 9.47. The second-order valence-electron chi connectivity index (χ2n) is 5.15. The summed E-state index contributed by atoms with van der Waals surface area (Å²) in [5, 5.41) is 8.31. The lowest BCUT2D eigenvalue weighted by atomic mass is 10.1. The fourth-order valence-corrected chi connectivity index (χ4v) is 3.63. The van der Waals surface area contributed by atoms with Crippen molar-refractivity contribution in [1.29, 1.82) is 5.41 Å². The molecule has 0 unspecified atom stereocenters. The van der Waals surface area contributed by atoms with Gasteiger partial charge in [0.2, 0.25) is 0 Å². The number of anilines is 1. The van der Waals surface area contributed by atoms with Gasteiger partial charge in [-0.25, -0.2) is 4.39 Å². The number of rotatable bonds is 1. The van der Waals surface area contributed by atoms with E-state index < -0.39 is 0 Å². The number of benzene rings is 2. The fourth-order valence-electron chi connectivity index (χ4n) is 2.74. The Labute approximate surface area is 125 Å². The minimum Gasteiger partial charge on any atom is -0.321 e. The van der Waals surface area contributed by atoms with Gasteiger partial charge in [0.15, 0.2) is 0 Å². The van der Waals surface area contributed by atoms with Crippen LogP contribution < -0.4 is 4.90 Å². The number of hydrogen-bond donors (Lipinski definition) is 1. The number of halogens is 2. The molecule has 2 nitrogen and oxygen atoms in total. The first-order valence-electron chi connectivity index (χ1n) is 6.39. The molecule has 0 radical (unpaired) electrons. The summed E-state index contributed by atoms with van der Waals surface area (Å²) in [5.74, 6) is 0.0576. The van der Waals surface area contributed by atoms with Crippen molar-refractivity contribution >= 4 is 27.5 Å². The molecule has 20 heavy (non-hydrogen) atoms. The molecular formula is C16H14BrFN2. The Balaban J connectivity index is 2.09. The zero-order chi connectivity index (χ0) is 14.4. The molecule has 3 rings (SSSR count). The zero-order valence-corrected chi connectivity index (χ0v) is 12.9. The number of amidine groups is 1. The Bertz CT molecular complexity index is 701. The van der Waals surface area contributed by atoms with Crippen LogP contribution in [0.2, 0.25) is 0 Å². The first-order valence-corrected chi connectivity index (χ1v) is 7.18. The van der Waals surface area contributed by atoms with Crippen LogP contribution in [0.25, 0.3) is 0 Å². The van der Waals surface area contributed by atoms with Crippen molar-refractivity contribution in [3.8, 4) is 0 Å². The summed E-state index contributed by atoms with van der Waals surface area (Å²) in [7, 11) is 0. The van der Waals surface area contributed by atoms with Gasteiger partial charge in [-0.05, 0) is 64.7 Å². The van der Waals surface area contributed by atoms with Crippen LogP contribution in [0.5, 0.6) is 0 Å². The molecule has 2 aromatic carbocycles. The smallest absolute Gasteiger partial charge is 0.133 e. The number of aryl methyl sites for hydroxylation is 2. The van der Waals surface area contributed by atoms with Crippen molar-refractivity contribution in [3.63, 3.8) is 0 Å². The highest BCUT2D eigenvalue weighted by atomic mass is 79.9. The average molecular weight is 333 g/mol. The molecule has 1 aliphatic rings. The van der Waals surface area contributed by atoms with Gasteiger partial charge in [0.1, 0.15) is 11.7 Å². The third kappa shape index (κ3) is 2.04. The van der Waals surface area contributed by atoms with Crippen molar-refractivity contribution in [2.75, 3.05) is 4.90 Å². The van der Waals surface area contributed by atoms with Gasteiger partial charge < -0.3 is 4.90 Å². The van der Waals surface area contributed by atoms with Gasteiger partial charge in [-0.1, -0.05) is 12.1 Å². The van der Waals surface area contributed by atoms with E-state index in [1.807, 2.05) is 24.8 Å². The molecule has 0 amide bonds. The van der Waals surface area contributed by atoms with Crippen LogP contribution in [0.3, 0.4) is 0 Å². The van der Waals surface area contributed by atoms with Gasteiger partial charge in [0.05, 0.1) is 12.2 Å². The van der Waals surface area contributed by atoms with Gasteiger partial charge in [0.25, 0.3) is 0 Å². The summed E-state index contributed by atoms with van der Waals surface area (Å²) in [6.07, 6.45) is 0. The molecule has 0 bridgehead atoms. The Hall–Kier alpha value is -1.68. The summed E-state index contributed by atoms with van der Waals surface area (Å²) >= 11 is 3.58. The SMILES string of the molecule is Cc1cc(C)c(N2Cc3ccc(F)cc3C2=N)c(Br)c1. The van der Waals surface area contributed by atoms with E-state index in [0.29, 0.717) is 17.9 Å². The Morgan fingerprint density at radius 2 is 1.95 bits per heavy atom. The van der Waals surface area contributed by atoms with Crippen LogP contribution in [0.15, 0.2) is 34.8 Å². The maximum Gasteiger partial charge on any atom is 0.133 e. The number of nitrogens with zero attached hydrogens (tertiary/aromatic N) is 1. The zero-order valence-electron chi connectivity index (χ0n) is 11.3. The molecule has 1 heterocycles. The Morgan fingerprint density at radius 1 is 1.20 bits per heavy atom. The second kappa shape index (κ2) is 4.70. The summed E-state index contributed by atoms with van der Waals surface area (Å²) in [6, 6.07) is 8.79. The fraction of sp³-hybridized carbons (Fsp3) is 0.188. The highest BCUT2D eigenvalue weighted by Gasteiger charge is 2.28. The molecule has 1 aliphatic heterocycles. The predicted octanol–water partition coefficient (Wildman–Crippen LogP) is 4.55. The Kier molecular flexibility index (Phi) is 3.13. The topological polar surface area (TPSA) is 27.1 Å². The highest BCUT2D eigenvalue weighted by Crippen LogP contribution is 2.36. The van der Waals surface area contributed by atoms with Gasteiger partial charge in [-0.15, -0.1) is 0 Å². The molecule has 2 aromatic rings. The van der Waals surface area contributed by atoms with E-state index in [1.165, 1.54) is 17.7 Å². The summed E-state index contributed by atoms with van der Waals surface area (Å²) < 4.78 is 14.3. The largest absolute Gasteiger partial charge is 0.321 e. The van der Waals surface area contributed by atoms with Crippen LogP contribution in [0.4, 0.5) is 10.1 Å². The van der Waals surface area contributed by atoms with Gasteiger partial charge in [0, 0.05) is 10.0 Å². The lowest BCUT2D eigenvalue weighted by Gasteiger charge is -2.22. The molecule has 0 atom stereocenters. The molecule has 0 fully saturated rings. The van der Waals surface area contributed by atoms with E-state index in [9.17, 15) is 4.39 Å². The number of fused-ring (bicyclic) bond motifs is 1. The monoisotopic (exact) mass is 332 g/mol. The van der Waals surface area contributed by atoms with Crippen LogP contribution in [-0.2, 0) is 6.54 Å².